The number of aromatic nitrogens is 2. The van der Waals surface area contributed by atoms with Gasteiger partial charge in [-0.05, 0) is 32.9 Å². The van der Waals surface area contributed by atoms with Gasteiger partial charge in [-0.2, -0.15) is 0 Å². The highest BCUT2D eigenvalue weighted by Crippen LogP contribution is 2.23. The van der Waals surface area contributed by atoms with Crippen LogP contribution in [0.4, 0.5) is 5.82 Å². The molecule has 0 bridgehead atoms. The van der Waals surface area contributed by atoms with Crippen LogP contribution in [0.1, 0.15) is 38.9 Å². The first-order valence-corrected chi connectivity index (χ1v) is 6.68. The standard InChI is InChI=1S/C13H15N3O2S/c1-7-4-10(13(17)18)5-11(15-7)16-9(3)12-14-6-8(2)19-12/h4-6,9H,1-3H3,(H,15,16)(H,17,18). The van der Waals surface area contributed by atoms with Crippen molar-refractivity contribution in [1.82, 2.24) is 9.97 Å². The Morgan fingerprint density at radius 1 is 1.42 bits per heavy atom. The van der Waals surface area contributed by atoms with Gasteiger partial charge >= 0.3 is 5.97 Å². The lowest BCUT2D eigenvalue weighted by Gasteiger charge is -2.13. The summed E-state index contributed by atoms with van der Waals surface area (Å²) < 4.78 is 0. The van der Waals surface area contributed by atoms with Gasteiger partial charge in [-0.3, -0.25) is 0 Å². The van der Waals surface area contributed by atoms with Crippen LogP contribution in [0.2, 0.25) is 0 Å². The Morgan fingerprint density at radius 2 is 2.16 bits per heavy atom. The lowest BCUT2D eigenvalue weighted by atomic mass is 10.2. The second-order valence-corrected chi connectivity index (χ2v) is 5.63. The van der Waals surface area contributed by atoms with Gasteiger partial charge in [-0.1, -0.05) is 0 Å². The van der Waals surface area contributed by atoms with E-state index in [1.165, 1.54) is 6.07 Å². The van der Waals surface area contributed by atoms with Crippen molar-refractivity contribution < 1.29 is 9.90 Å². The fraction of sp³-hybridized carbons (Fsp3) is 0.308. The molecule has 100 valence electrons. The molecule has 0 fully saturated rings. The van der Waals surface area contributed by atoms with Crippen LogP contribution < -0.4 is 5.32 Å². The maximum absolute atomic E-state index is 11.0. The molecule has 0 saturated carbocycles. The fourth-order valence-electron chi connectivity index (χ4n) is 1.72. The molecule has 0 amide bonds. The van der Waals surface area contributed by atoms with E-state index in [1.54, 1.807) is 24.3 Å². The van der Waals surface area contributed by atoms with Crippen LogP contribution in [0.25, 0.3) is 0 Å². The number of anilines is 1. The Balaban J connectivity index is 2.21. The van der Waals surface area contributed by atoms with Crippen molar-refractivity contribution in [1.29, 1.82) is 0 Å². The molecule has 2 aromatic rings. The van der Waals surface area contributed by atoms with Gasteiger partial charge in [-0.15, -0.1) is 11.3 Å². The zero-order chi connectivity index (χ0) is 14.0. The summed E-state index contributed by atoms with van der Waals surface area (Å²) in [5.41, 5.74) is 0.905. The van der Waals surface area contributed by atoms with Crippen molar-refractivity contribution in [3.05, 3.63) is 39.5 Å². The molecular formula is C13H15N3O2S. The Kier molecular flexibility index (Phi) is 3.80. The van der Waals surface area contributed by atoms with Crippen LogP contribution in [0.5, 0.6) is 0 Å². The summed E-state index contributed by atoms with van der Waals surface area (Å²) in [5, 5.41) is 13.2. The van der Waals surface area contributed by atoms with Crippen molar-refractivity contribution in [3.63, 3.8) is 0 Å². The third-order valence-electron chi connectivity index (χ3n) is 2.57. The molecule has 0 radical (unpaired) electrons. The second-order valence-electron chi connectivity index (χ2n) is 4.36. The molecule has 19 heavy (non-hydrogen) atoms. The molecule has 0 aliphatic carbocycles. The number of aromatic carboxylic acids is 1. The van der Waals surface area contributed by atoms with E-state index >= 15 is 0 Å². The molecule has 0 aliphatic heterocycles. The SMILES string of the molecule is Cc1cc(C(=O)O)cc(NC(C)c2ncc(C)s2)n1. The van der Waals surface area contributed by atoms with Crippen LogP contribution >= 0.6 is 11.3 Å². The van der Waals surface area contributed by atoms with E-state index in [0.717, 1.165) is 9.88 Å². The highest BCUT2D eigenvalue weighted by Gasteiger charge is 2.12. The number of thiazole rings is 1. The fourth-order valence-corrected chi connectivity index (χ4v) is 2.50. The normalized spacial score (nSPS) is 12.2. The minimum absolute atomic E-state index is 0.00496. The topological polar surface area (TPSA) is 75.1 Å². The lowest BCUT2D eigenvalue weighted by molar-refractivity contribution is 0.0696. The van der Waals surface area contributed by atoms with Crippen LogP contribution in [-0.4, -0.2) is 21.0 Å². The molecule has 1 atom stereocenters. The first-order chi connectivity index (χ1) is 8.95. The van der Waals surface area contributed by atoms with Gasteiger partial charge in [-0.25, -0.2) is 14.8 Å². The molecular weight excluding hydrogens is 262 g/mol. The molecule has 5 nitrogen and oxygen atoms in total. The maximum Gasteiger partial charge on any atom is 0.335 e. The summed E-state index contributed by atoms with van der Waals surface area (Å²) in [5.74, 6) is -0.399. The molecule has 2 aromatic heterocycles. The predicted octanol–water partition coefficient (Wildman–Crippen LogP) is 3.03. The highest BCUT2D eigenvalue weighted by molar-refractivity contribution is 7.11. The highest BCUT2D eigenvalue weighted by atomic mass is 32.1. The first-order valence-electron chi connectivity index (χ1n) is 5.86. The van der Waals surface area contributed by atoms with Crippen LogP contribution in [0.15, 0.2) is 18.3 Å². The maximum atomic E-state index is 11.0. The molecule has 0 aromatic carbocycles. The van der Waals surface area contributed by atoms with E-state index in [-0.39, 0.29) is 11.6 Å². The summed E-state index contributed by atoms with van der Waals surface area (Å²) in [7, 11) is 0. The van der Waals surface area contributed by atoms with Gasteiger partial charge in [0.05, 0.1) is 11.6 Å². The molecule has 1 unspecified atom stereocenters. The van der Waals surface area contributed by atoms with Gasteiger partial charge in [0.1, 0.15) is 10.8 Å². The van der Waals surface area contributed by atoms with Gasteiger partial charge in [0.15, 0.2) is 0 Å². The van der Waals surface area contributed by atoms with Crippen molar-refractivity contribution in [2.45, 2.75) is 26.8 Å². The molecule has 2 rings (SSSR count). The zero-order valence-corrected chi connectivity index (χ0v) is 11.8. The molecule has 0 saturated heterocycles. The van der Waals surface area contributed by atoms with Crippen LogP contribution in [0.3, 0.4) is 0 Å². The largest absolute Gasteiger partial charge is 0.478 e. The van der Waals surface area contributed by atoms with Gasteiger partial charge in [0.25, 0.3) is 0 Å². The van der Waals surface area contributed by atoms with Gasteiger partial charge < -0.3 is 10.4 Å². The van der Waals surface area contributed by atoms with E-state index in [0.29, 0.717) is 11.5 Å². The third-order valence-corrected chi connectivity index (χ3v) is 3.67. The van der Waals surface area contributed by atoms with Crippen molar-refractivity contribution in [2.75, 3.05) is 5.32 Å². The van der Waals surface area contributed by atoms with E-state index in [1.807, 2.05) is 20.0 Å². The number of carboxylic acids is 1. The summed E-state index contributed by atoms with van der Waals surface area (Å²) >= 11 is 1.61. The zero-order valence-electron chi connectivity index (χ0n) is 11.0. The minimum atomic E-state index is -0.953. The summed E-state index contributed by atoms with van der Waals surface area (Å²) in [6.45, 7) is 5.75. The monoisotopic (exact) mass is 277 g/mol. The molecule has 2 N–H and O–H groups in total. The van der Waals surface area contributed by atoms with Gasteiger partial charge in [0.2, 0.25) is 0 Å². The van der Waals surface area contributed by atoms with E-state index < -0.39 is 5.97 Å². The Bertz CT molecular complexity index is 610. The number of hydrogen-bond acceptors (Lipinski definition) is 5. The average molecular weight is 277 g/mol. The smallest absolute Gasteiger partial charge is 0.335 e. The van der Waals surface area contributed by atoms with Gasteiger partial charge in [0, 0.05) is 16.8 Å². The van der Waals surface area contributed by atoms with Crippen molar-refractivity contribution >= 4 is 23.1 Å². The number of pyridine rings is 1. The van der Waals surface area contributed by atoms with E-state index in [9.17, 15) is 4.79 Å². The molecule has 6 heteroatoms. The Hall–Kier alpha value is -1.95. The second kappa shape index (κ2) is 5.36. The number of aryl methyl sites for hydroxylation is 2. The van der Waals surface area contributed by atoms with E-state index in [4.69, 9.17) is 5.11 Å². The quantitative estimate of drug-likeness (QED) is 0.898. The number of nitrogens with one attached hydrogen (secondary N) is 1. The third kappa shape index (κ3) is 3.29. The lowest BCUT2D eigenvalue weighted by Crippen LogP contribution is -2.09. The van der Waals surface area contributed by atoms with E-state index in [2.05, 4.69) is 15.3 Å². The molecule has 0 aliphatic rings. The number of rotatable bonds is 4. The molecule has 0 spiro atoms. The van der Waals surface area contributed by atoms with Crippen LogP contribution in [-0.2, 0) is 0 Å². The number of carboxylic acid groups (broad SMARTS) is 1. The average Bonchev–Trinajstić information content (AvgIpc) is 2.75. The molecule has 2 heterocycles. The van der Waals surface area contributed by atoms with Crippen molar-refractivity contribution in [3.8, 4) is 0 Å². The first kappa shape index (κ1) is 13.5. The number of hydrogen-bond donors (Lipinski definition) is 2. The number of carbonyl (C=O) groups is 1. The summed E-state index contributed by atoms with van der Waals surface area (Å²) in [6, 6.07) is 3.08. The van der Waals surface area contributed by atoms with Crippen LogP contribution in [0, 0.1) is 13.8 Å². The minimum Gasteiger partial charge on any atom is -0.478 e. The number of nitrogens with zero attached hydrogens (tertiary/aromatic N) is 2. The summed E-state index contributed by atoms with van der Waals surface area (Å²) in [4.78, 5) is 20.7. The Morgan fingerprint density at radius 3 is 2.74 bits per heavy atom. The Labute approximate surface area is 115 Å². The van der Waals surface area contributed by atoms with Crippen molar-refractivity contribution in [2.24, 2.45) is 0 Å². The predicted molar refractivity (Wildman–Crippen MR) is 74.8 cm³/mol. The summed E-state index contributed by atoms with van der Waals surface area (Å²) in [6.07, 6.45) is 1.82.